The maximum atomic E-state index is 11.9. The molecule has 0 bridgehead atoms. The Labute approximate surface area is 138 Å². The number of carbonyl (C=O) groups is 2. The van der Waals surface area contributed by atoms with Crippen LogP contribution >= 0.6 is 15.9 Å². The Balaban J connectivity index is 1.78. The van der Waals surface area contributed by atoms with Crippen molar-refractivity contribution in [3.05, 3.63) is 28.7 Å². The fraction of sp³-hybridized carbons (Fsp3) is 0.467. The average Bonchev–Trinajstić information content (AvgIpc) is 2.54. The standard InChI is InChI=1S/C15H19BrN2O4/c1-2-21-14(19)11-22-15(20)18-9-7-17(8-10-18)13-5-3-12(16)4-6-13/h3-6H,2,7-11H2,1H3. The van der Waals surface area contributed by atoms with Gasteiger partial charge >= 0.3 is 12.1 Å². The Kier molecular flexibility index (Phi) is 6.06. The predicted octanol–water partition coefficient (Wildman–Crippen LogP) is 2.27. The summed E-state index contributed by atoms with van der Waals surface area (Å²) in [6.45, 7) is 4.25. The van der Waals surface area contributed by atoms with Gasteiger partial charge in [-0.25, -0.2) is 9.59 Å². The summed E-state index contributed by atoms with van der Waals surface area (Å²) in [6, 6.07) is 8.07. The third kappa shape index (κ3) is 4.62. The van der Waals surface area contributed by atoms with E-state index in [1.54, 1.807) is 11.8 Å². The summed E-state index contributed by atoms with van der Waals surface area (Å²) in [5.41, 5.74) is 1.13. The molecule has 1 aliphatic heterocycles. The maximum Gasteiger partial charge on any atom is 0.410 e. The second kappa shape index (κ2) is 8.03. The number of halogens is 1. The van der Waals surface area contributed by atoms with E-state index >= 15 is 0 Å². The molecule has 0 unspecified atom stereocenters. The van der Waals surface area contributed by atoms with Crippen molar-refractivity contribution >= 4 is 33.7 Å². The number of anilines is 1. The lowest BCUT2D eigenvalue weighted by Gasteiger charge is -2.35. The number of amides is 1. The first kappa shape index (κ1) is 16.6. The highest BCUT2D eigenvalue weighted by Gasteiger charge is 2.23. The van der Waals surface area contributed by atoms with Gasteiger partial charge in [-0.2, -0.15) is 0 Å². The Morgan fingerprint density at radius 1 is 1.09 bits per heavy atom. The lowest BCUT2D eigenvalue weighted by Crippen LogP contribution is -2.49. The summed E-state index contributed by atoms with van der Waals surface area (Å²) < 4.78 is 10.7. The minimum absolute atomic E-state index is 0.280. The topological polar surface area (TPSA) is 59.1 Å². The number of ether oxygens (including phenoxy) is 2. The average molecular weight is 371 g/mol. The molecule has 2 rings (SSSR count). The van der Waals surface area contributed by atoms with E-state index in [1.165, 1.54) is 0 Å². The molecule has 7 heteroatoms. The molecule has 1 aromatic rings. The van der Waals surface area contributed by atoms with E-state index in [0.717, 1.165) is 23.2 Å². The number of hydrogen-bond donors (Lipinski definition) is 0. The van der Waals surface area contributed by atoms with Gasteiger partial charge in [-0.15, -0.1) is 0 Å². The monoisotopic (exact) mass is 370 g/mol. The second-order valence-electron chi connectivity index (χ2n) is 4.81. The number of benzene rings is 1. The smallest absolute Gasteiger partial charge is 0.410 e. The zero-order valence-electron chi connectivity index (χ0n) is 12.5. The highest BCUT2D eigenvalue weighted by atomic mass is 79.9. The summed E-state index contributed by atoms with van der Waals surface area (Å²) in [5.74, 6) is -0.524. The van der Waals surface area contributed by atoms with Crippen LogP contribution in [0.3, 0.4) is 0 Å². The van der Waals surface area contributed by atoms with Crippen molar-refractivity contribution in [3.63, 3.8) is 0 Å². The molecule has 0 N–H and O–H groups in total. The van der Waals surface area contributed by atoms with Gasteiger partial charge in [-0.3, -0.25) is 0 Å². The first-order chi connectivity index (χ1) is 10.6. The molecule has 0 saturated carbocycles. The summed E-state index contributed by atoms with van der Waals surface area (Å²) in [6.07, 6.45) is -0.469. The highest BCUT2D eigenvalue weighted by Crippen LogP contribution is 2.19. The summed E-state index contributed by atoms with van der Waals surface area (Å²) in [5, 5.41) is 0. The summed E-state index contributed by atoms with van der Waals surface area (Å²) >= 11 is 3.41. The number of hydrogen-bond acceptors (Lipinski definition) is 5. The molecule has 120 valence electrons. The van der Waals surface area contributed by atoms with Gasteiger partial charge in [0.05, 0.1) is 6.61 Å². The van der Waals surface area contributed by atoms with Crippen LogP contribution in [0.4, 0.5) is 10.5 Å². The molecule has 1 heterocycles. The van der Waals surface area contributed by atoms with E-state index < -0.39 is 12.1 Å². The Bertz CT molecular complexity index is 513. The first-order valence-corrected chi connectivity index (χ1v) is 7.97. The van der Waals surface area contributed by atoms with Crippen molar-refractivity contribution in [1.82, 2.24) is 4.90 Å². The highest BCUT2D eigenvalue weighted by molar-refractivity contribution is 9.10. The minimum Gasteiger partial charge on any atom is -0.463 e. The van der Waals surface area contributed by atoms with Crippen LogP contribution in [0.25, 0.3) is 0 Å². The summed E-state index contributed by atoms with van der Waals surface area (Å²) in [7, 11) is 0. The van der Waals surface area contributed by atoms with E-state index in [0.29, 0.717) is 13.1 Å². The second-order valence-corrected chi connectivity index (χ2v) is 5.73. The van der Waals surface area contributed by atoms with Crippen LogP contribution in [0.5, 0.6) is 0 Å². The number of rotatable bonds is 4. The lowest BCUT2D eigenvalue weighted by atomic mass is 10.2. The number of esters is 1. The van der Waals surface area contributed by atoms with Crippen molar-refractivity contribution in [2.24, 2.45) is 0 Å². The molecule has 0 atom stereocenters. The van der Waals surface area contributed by atoms with E-state index in [-0.39, 0.29) is 13.2 Å². The van der Waals surface area contributed by atoms with Gasteiger partial charge in [-0.1, -0.05) is 15.9 Å². The van der Waals surface area contributed by atoms with Crippen LogP contribution in [-0.2, 0) is 14.3 Å². The zero-order valence-corrected chi connectivity index (χ0v) is 14.0. The molecule has 1 saturated heterocycles. The molecule has 1 amide bonds. The fourth-order valence-electron chi connectivity index (χ4n) is 2.21. The molecule has 0 aromatic heterocycles. The van der Waals surface area contributed by atoms with Crippen LogP contribution in [-0.4, -0.2) is 56.4 Å². The van der Waals surface area contributed by atoms with Gasteiger partial charge in [0.25, 0.3) is 0 Å². The van der Waals surface area contributed by atoms with E-state index in [2.05, 4.69) is 20.8 Å². The van der Waals surface area contributed by atoms with Crippen LogP contribution < -0.4 is 4.90 Å². The first-order valence-electron chi connectivity index (χ1n) is 7.18. The molecule has 1 aromatic carbocycles. The third-order valence-electron chi connectivity index (χ3n) is 3.35. The van der Waals surface area contributed by atoms with E-state index in [4.69, 9.17) is 9.47 Å². The van der Waals surface area contributed by atoms with Crippen molar-refractivity contribution in [1.29, 1.82) is 0 Å². The molecule has 6 nitrogen and oxygen atoms in total. The van der Waals surface area contributed by atoms with Crippen LogP contribution in [0.2, 0.25) is 0 Å². The van der Waals surface area contributed by atoms with Crippen LogP contribution in [0, 0.1) is 0 Å². The quantitative estimate of drug-likeness (QED) is 0.760. The van der Waals surface area contributed by atoms with E-state index in [9.17, 15) is 9.59 Å². The van der Waals surface area contributed by atoms with Crippen LogP contribution in [0.1, 0.15) is 6.92 Å². The Morgan fingerprint density at radius 3 is 2.32 bits per heavy atom. The van der Waals surface area contributed by atoms with Gasteiger partial charge in [0.1, 0.15) is 0 Å². The lowest BCUT2D eigenvalue weighted by molar-refractivity contribution is -0.146. The Morgan fingerprint density at radius 2 is 1.73 bits per heavy atom. The molecular formula is C15H19BrN2O4. The van der Waals surface area contributed by atoms with Crippen molar-refractivity contribution in [2.45, 2.75) is 6.92 Å². The van der Waals surface area contributed by atoms with Gasteiger partial charge in [0.15, 0.2) is 6.61 Å². The predicted molar refractivity (Wildman–Crippen MR) is 85.9 cm³/mol. The number of carbonyl (C=O) groups excluding carboxylic acids is 2. The minimum atomic E-state index is -0.524. The van der Waals surface area contributed by atoms with E-state index in [1.807, 2.05) is 24.3 Å². The SMILES string of the molecule is CCOC(=O)COC(=O)N1CCN(c2ccc(Br)cc2)CC1. The Hall–Kier alpha value is -1.76. The van der Waals surface area contributed by atoms with Crippen molar-refractivity contribution < 1.29 is 19.1 Å². The molecule has 0 spiro atoms. The largest absolute Gasteiger partial charge is 0.463 e. The van der Waals surface area contributed by atoms with Crippen molar-refractivity contribution in [3.8, 4) is 0 Å². The van der Waals surface area contributed by atoms with Gasteiger partial charge in [0, 0.05) is 36.3 Å². The summed E-state index contributed by atoms with van der Waals surface area (Å²) in [4.78, 5) is 26.8. The van der Waals surface area contributed by atoms with Crippen LogP contribution in [0.15, 0.2) is 28.7 Å². The number of nitrogens with zero attached hydrogens (tertiary/aromatic N) is 2. The normalized spacial score (nSPS) is 14.6. The fourth-order valence-corrected chi connectivity index (χ4v) is 2.48. The van der Waals surface area contributed by atoms with Crippen molar-refractivity contribution in [2.75, 3.05) is 44.3 Å². The zero-order chi connectivity index (χ0) is 15.9. The molecular weight excluding hydrogens is 352 g/mol. The van der Waals surface area contributed by atoms with Gasteiger partial charge in [0.2, 0.25) is 0 Å². The number of piperazine rings is 1. The molecule has 1 fully saturated rings. The maximum absolute atomic E-state index is 11.9. The molecule has 0 radical (unpaired) electrons. The molecule has 0 aliphatic carbocycles. The molecule has 22 heavy (non-hydrogen) atoms. The molecule has 1 aliphatic rings. The third-order valence-corrected chi connectivity index (χ3v) is 3.88. The van der Waals surface area contributed by atoms with Gasteiger partial charge in [-0.05, 0) is 31.2 Å². The van der Waals surface area contributed by atoms with Gasteiger partial charge < -0.3 is 19.3 Å².